The summed E-state index contributed by atoms with van der Waals surface area (Å²) in [6, 6.07) is 6.01. The highest BCUT2D eigenvalue weighted by Crippen LogP contribution is 2.32. The van der Waals surface area contributed by atoms with Crippen LogP contribution in [0, 0.1) is 0 Å². The van der Waals surface area contributed by atoms with E-state index in [0.29, 0.717) is 5.92 Å². The Bertz CT molecular complexity index is 576. The van der Waals surface area contributed by atoms with Gasteiger partial charge in [-0.25, -0.2) is 4.98 Å². The highest BCUT2D eigenvalue weighted by Gasteiger charge is 2.18. The van der Waals surface area contributed by atoms with E-state index in [9.17, 15) is 0 Å². The summed E-state index contributed by atoms with van der Waals surface area (Å²) in [5.74, 6) is 3.15. The maximum atomic E-state index is 5.48. The van der Waals surface area contributed by atoms with E-state index in [1.165, 1.54) is 0 Å². The third-order valence-electron chi connectivity index (χ3n) is 3.52. The third-order valence-corrected chi connectivity index (χ3v) is 3.52. The first-order chi connectivity index (χ1) is 9.58. The van der Waals surface area contributed by atoms with Crippen molar-refractivity contribution in [2.45, 2.75) is 32.7 Å². The number of imidazole rings is 1. The van der Waals surface area contributed by atoms with Gasteiger partial charge in [0.2, 0.25) is 0 Å². The van der Waals surface area contributed by atoms with Crippen molar-refractivity contribution >= 4 is 0 Å². The number of aromatic nitrogens is 2. The predicted molar refractivity (Wildman–Crippen MR) is 79.7 cm³/mol. The molecule has 0 fully saturated rings. The standard InChI is InChI=1S/C16H22N2O2/c1-11(2)16-17-8-9-18(16)12(3)14-10-13(19-4)6-7-15(14)20-5/h6-12H,1-5H3/t12-/m0/s1. The fraction of sp³-hybridized carbons (Fsp3) is 0.438. The zero-order valence-electron chi connectivity index (χ0n) is 12.8. The summed E-state index contributed by atoms with van der Waals surface area (Å²) < 4.78 is 13.0. The van der Waals surface area contributed by atoms with Crippen molar-refractivity contribution in [2.75, 3.05) is 14.2 Å². The molecule has 0 N–H and O–H groups in total. The minimum Gasteiger partial charge on any atom is -0.497 e. The van der Waals surface area contributed by atoms with Gasteiger partial charge in [-0.15, -0.1) is 0 Å². The first kappa shape index (κ1) is 14.4. The molecular weight excluding hydrogens is 252 g/mol. The summed E-state index contributed by atoms with van der Waals surface area (Å²) in [5.41, 5.74) is 1.09. The van der Waals surface area contributed by atoms with E-state index in [0.717, 1.165) is 22.9 Å². The molecule has 0 saturated heterocycles. The molecule has 0 aliphatic heterocycles. The van der Waals surface area contributed by atoms with Crippen LogP contribution < -0.4 is 9.47 Å². The number of hydrogen-bond acceptors (Lipinski definition) is 3. The molecule has 0 saturated carbocycles. The Labute approximate surface area is 120 Å². The molecule has 2 rings (SSSR count). The molecule has 2 aromatic rings. The monoisotopic (exact) mass is 274 g/mol. The highest BCUT2D eigenvalue weighted by molar-refractivity contribution is 5.42. The van der Waals surface area contributed by atoms with Crippen LogP contribution in [0.2, 0.25) is 0 Å². The minimum absolute atomic E-state index is 0.139. The Kier molecular flexibility index (Phi) is 4.32. The lowest BCUT2D eigenvalue weighted by Gasteiger charge is -2.21. The molecule has 1 heterocycles. The summed E-state index contributed by atoms with van der Waals surface area (Å²) in [6.07, 6.45) is 3.86. The second-order valence-electron chi connectivity index (χ2n) is 5.13. The lowest BCUT2D eigenvalue weighted by atomic mass is 10.1. The van der Waals surface area contributed by atoms with Crippen LogP contribution in [-0.4, -0.2) is 23.8 Å². The summed E-state index contributed by atoms with van der Waals surface area (Å²) in [7, 11) is 3.36. The molecule has 0 bridgehead atoms. The van der Waals surface area contributed by atoms with Crippen molar-refractivity contribution < 1.29 is 9.47 Å². The van der Waals surface area contributed by atoms with Crippen LogP contribution >= 0.6 is 0 Å². The number of methoxy groups -OCH3 is 2. The quantitative estimate of drug-likeness (QED) is 0.835. The van der Waals surface area contributed by atoms with E-state index >= 15 is 0 Å². The van der Waals surface area contributed by atoms with E-state index in [2.05, 4.69) is 30.3 Å². The van der Waals surface area contributed by atoms with Crippen LogP contribution in [0.3, 0.4) is 0 Å². The van der Waals surface area contributed by atoms with Gasteiger partial charge in [0.15, 0.2) is 0 Å². The first-order valence-electron chi connectivity index (χ1n) is 6.83. The minimum atomic E-state index is 0.139. The molecule has 0 amide bonds. The van der Waals surface area contributed by atoms with Gasteiger partial charge in [-0.05, 0) is 25.1 Å². The van der Waals surface area contributed by atoms with Gasteiger partial charge in [0.1, 0.15) is 17.3 Å². The molecule has 0 unspecified atom stereocenters. The van der Waals surface area contributed by atoms with Gasteiger partial charge < -0.3 is 14.0 Å². The van der Waals surface area contributed by atoms with Gasteiger partial charge in [-0.2, -0.15) is 0 Å². The van der Waals surface area contributed by atoms with Crippen molar-refractivity contribution in [1.82, 2.24) is 9.55 Å². The fourth-order valence-electron chi connectivity index (χ4n) is 2.42. The van der Waals surface area contributed by atoms with Gasteiger partial charge in [0, 0.05) is 23.9 Å². The Hall–Kier alpha value is -1.97. The largest absolute Gasteiger partial charge is 0.497 e. The van der Waals surface area contributed by atoms with Crippen molar-refractivity contribution in [3.63, 3.8) is 0 Å². The SMILES string of the molecule is COc1ccc(OC)c([C@H](C)n2ccnc2C(C)C)c1. The zero-order valence-corrected chi connectivity index (χ0v) is 12.8. The van der Waals surface area contributed by atoms with E-state index in [4.69, 9.17) is 9.47 Å². The molecule has 4 heteroatoms. The van der Waals surface area contributed by atoms with Crippen molar-refractivity contribution in [3.8, 4) is 11.5 Å². The molecular formula is C16H22N2O2. The topological polar surface area (TPSA) is 36.3 Å². The second-order valence-corrected chi connectivity index (χ2v) is 5.13. The maximum absolute atomic E-state index is 5.48. The van der Waals surface area contributed by atoms with Crippen molar-refractivity contribution in [2.24, 2.45) is 0 Å². The summed E-state index contributed by atoms with van der Waals surface area (Å²) in [6.45, 7) is 6.44. The smallest absolute Gasteiger partial charge is 0.124 e. The molecule has 0 aliphatic rings. The predicted octanol–water partition coefficient (Wildman–Crippen LogP) is 3.63. The molecule has 108 valence electrons. The van der Waals surface area contributed by atoms with Crippen LogP contribution in [0.5, 0.6) is 11.5 Å². The molecule has 20 heavy (non-hydrogen) atoms. The zero-order chi connectivity index (χ0) is 14.7. The van der Waals surface area contributed by atoms with Gasteiger partial charge in [0.25, 0.3) is 0 Å². The van der Waals surface area contributed by atoms with Gasteiger partial charge in [-0.1, -0.05) is 13.8 Å². The number of ether oxygens (including phenoxy) is 2. The van der Waals surface area contributed by atoms with Gasteiger partial charge in [0.05, 0.1) is 20.3 Å². The Morgan fingerprint density at radius 2 is 1.85 bits per heavy atom. The second kappa shape index (κ2) is 5.99. The lowest BCUT2D eigenvalue weighted by Crippen LogP contribution is -2.12. The normalized spacial score (nSPS) is 12.5. The van der Waals surface area contributed by atoms with Crippen molar-refractivity contribution in [1.29, 1.82) is 0 Å². The molecule has 0 spiro atoms. The molecule has 0 radical (unpaired) electrons. The summed E-state index contributed by atoms with van der Waals surface area (Å²) in [4.78, 5) is 4.45. The van der Waals surface area contributed by atoms with Crippen LogP contribution in [0.15, 0.2) is 30.6 Å². The maximum Gasteiger partial charge on any atom is 0.124 e. The van der Waals surface area contributed by atoms with E-state index in [1.807, 2.05) is 30.6 Å². The third kappa shape index (κ3) is 2.64. The molecule has 1 aromatic heterocycles. The molecule has 1 aromatic carbocycles. The van der Waals surface area contributed by atoms with E-state index in [1.54, 1.807) is 14.2 Å². The van der Waals surface area contributed by atoms with Gasteiger partial charge in [-0.3, -0.25) is 0 Å². The van der Waals surface area contributed by atoms with E-state index in [-0.39, 0.29) is 6.04 Å². The molecule has 4 nitrogen and oxygen atoms in total. The fourth-order valence-corrected chi connectivity index (χ4v) is 2.42. The highest BCUT2D eigenvalue weighted by atomic mass is 16.5. The number of nitrogens with zero attached hydrogens (tertiary/aromatic N) is 2. The van der Waals surface area contributed by atoms with Gasteiger partial charge >= 0.3 is 0 Å². The van der Waals surface area contributed by atoms with Crippen LogP contribution in [0.4, 0.5) is 0 Å². The number of rotatable bonds is 5. The number of hydrogen-bond donors (Lipinski definition) is 0. The van der Waals surface area contributed by atoms with Crippen LogP contribution in [-0.2, 0) is 0 Å². The lowest BCUT2D eigenvalue weighted by molar-refractivity contribution is 0.392. The Morgan fingerprint density at radius 3 is 2.45 bits per heavy atom. The van der Waals surface area contributed by atoms with E-state index < -0.39 is 0 Å². The first-order valence-corrected chi connectivity index (χ1v) is 6.83. The number of benzene rings is 1. The Balaban J connectivity index is 2.46. The summed E-state index contributed by atoms with van der Waals surface area (Å²) in [5, 5.41) is 0. The van der Waals surface area contributed by atoms with Crippen LogP contribution in [0.25, 0.3) is 0 Å². The van der Waals surface area contributed by atoms with Crippen molar-refractivity contribution in [3.05, 3.63) is 42.0 Å². The average Bonchev–Trinajstić information content (AvgIpc) is 2.95. The molecule has 1 atom stereocenters. The van der Waals surface area contributed by atoms with Crippen LogP contribution in [0.1, 0.15) is 44.1 Å². The average molecular weight is 274 g/mol. The Morgan fingerprint density at radius 1 is 1.10 bits per heavy atom. The summed E-state index contributed by atoms with van der Waals surface area (Å²) >= 11 is 0. The molecule has 0 aliphatic carbocycles.